The summed E-state index contributed by atoms with van der Waals surface area (Å²) in [6.07, 6.45) is 2.58. The van der Waals surface area contributed by atoms with E-state index in [0.29, 0.717) is 0 Å². The smallest absolute Gasteiger partial charge is 0.116 e. The van der Waals surface area contributed by atoms with Crippen LogP contribution in [0.2, 0.25) is 0 Å². The van der Waals surface area contributed by atoms with E-state index in [0.717, 1.165) is 17.8 Å². The third-order valence-corrected chi connectivity index (χ3v) is 5.25. The SMILES string of the molecule is Cc1ncnc2c1Cc1c(-c3ccc(-c4ccccc4)cc3)cccc1-2. The Kier molecular flexibility index (Phi) is 3.42. The van der Waals surface area contributed by atoms with E-state index in [4.69, 9.17) is 0 Å². The van der Waals surface area contributed by atoms with Gasteiger partial charge in [-0.15, -0.1) is 0 Å². The fourth-order valence-corrected chi connectivity index (χ4v) is 3.86. The molecule has 0 N–H and O–H groups in total. The van der Waals surface area contributed by atoms with Crippen LogP contribution in [0.5, 0.6) is 0 Å². The molecule has 1 aromatic heterocycles. The topological polar surface area (TPSA) is 25.8 Å². The molecule has 26 heavy (non-hydrogen) atoms. The van der Waals surface area contributed by atoms with Crippen LogP contribution < -0.4 is 0 Å². The lowest BCUT2D eigenvalue weighted by Gasteiger charge is -2.10. The zero-order valence-corrected chi connectivity index (χ0v) is 14.6. The number of benzene rings is 3. The van der Waals surface area contributed by atoms with Gasteiger partial charge in [0.15, 0.2) is 0 Å². The van der Waals surface area contributed by atoms with Gasteiger partial charge in [0.25, 0.3) is 0 Å². The summed E-state index contributed by atoms with van der Waals surface area (Å²) in [6.45, 7) is 2.07. The maximum atomic E-state index is 4.54. The normalized spacial score (nSPS) is 11.9. The number of nitrogens with zero attached hydrogens (tertiary/aromatic N) is 2. The minimum absolute atomic E-state index is 0.911. The summed E-state index contributed by atoms with van der Waals surface area (Å²) in [5.74, 6) is 0. The van der Waals surface area contributed by atoms with E-state index >= 15 is 0 Å². The summed E-state index contributed by atoms with van der Waals surface area (Å²) in [4.78, 5) is 8.91. The Morgan fingerprint density at radius 3 is 2.12 bits per heavy atom. The quantitative estimate of drug-likeness (QED) is 0.414. The first kappa shape index (κ1) is 15.0. The standard InChI is InChI=1S/C24H18N2/c1-16-22-14-23-20(8-5-9-21(23)24(22)26-15-25-16)19-12-10-18(11-13-19)17-6-3-2-4-7-17/h2-13,15H,14H2,1H3. The van der Waals surface area contributed by atoms with Gasteiger partial charge in [-0.3, -0.25) is 0 Å². The van der Waals surface area contributed by atoms with Gasteiger partial charge >= 0.3 is 0 Å². The van der Waals surface area contributed by atoms with Crippen LogP contribution in [0.1, 0.15) is 16.8 Å². The second kappa shape index (κ2) is 5.92. The lowest BCUT2D eigenvalue weighted by molar-refractivity contribution is 1.05. The molecule has 2 nitrogen and oxygen atoms in total. The largest absolute Gasteiger partial charge is 0.241 e. The first-order chi connectivity index (χ1) is 12.8. The van der Waals surface area contributed by atoms with Gasteiger partial charge in [0.2, 0.25) is 0 Å². The summed E-state index contributed by atoms with van der Waals surface area (Å²) in [5, 5.41) is 0. The molecule has 5 rings (SSSR count). The first-order valence-corrected chi connectivity index (χ1v) is 8.90. The van der Waals surface area contributed by atoms with E-state index in [1.54, 1.807) is 6.33 Å². The van der Waals surface area contributed by atoms with Crippen molar-refractivity contribution < 1.29 is 0 Å². The Labute approximate surface area is 153 Å². The molecule has 0 spiro atoms. The molecule has 0 unspecified atom stereocenters. The molecule has 124 valence electrons. The van der Waals surface area contributed by atoms with Gasteiger partial charge in [0.1, 0.15) is 6.33 Å². The van der Waals surface area contributed by atoms with Crippen LogP contribution in [0.3, 0.4) is 0 Å². The highest BCUT2D eigenvalue weighted by molar-refractivity contribution is 5.83. The minimum Gasteiger partial charge on any atom is -0.241 e. The highest BCUT2D eigenvalue weighted by Crippen LogP contribution is 2.41. The third-order valence-electron chi connectivity index (χ3n) is 5.25. The van der Waals surface area contributed by atoms with Gasteiger partial charge in [0, 0.05) is 23.2 Å². The van der Waals surface area contributed by atoms with Crippen LogP contribution in [0.15, 0.2) is 79.1 Å². The highest BCUT2D eigenvalue weighted by atomic mass is 14.8. The molecule has 2 heteroatoms. The van der Waals surface area contributed by atoms with Crippen LogP contribution >= 0.6 is 0 Å². The van der Waals surface area contributed by atoms with Crippen molar-refractivity contribution in [3.05, 3.63) is 95.9 Å². The molecule has 1 heterocycles. The van der Waals surface area contributed by atoms with Crippen LogP contribution in [0, 0.1) is 6.92 Å². The summed E-state index contributed by atoms with van der Waals surface area (Å²) in [6, 6.07) is 25.9. The maximum absolute atomic E-state index is 4.54. The van der Waals surface area contributed by atoms with Crippen LogP contribution in [-0.2, 0) is 6.42 Å². The number of aromatic nitrogens is 2. The number of aryl methyl sites for hydroxylation is 1. The molecule has 4 aromatic rings. The van der Waals surface area contributed by atoms with Gasteiger partial charge in [-0.1, -0.05) is 72.8 Å². The average Bonchev–Trinajstić information content (AvgIpc) is 3.09. The van der Waals surface area contributed by atoms with Crippen molar-refractivity contribution in [2.75, 3.05) is 0 Å². The molecule has 1 aliphatic carbocycles. The van der Waals surface area contributed by atoms with Gasteiger partial charge < -0.3 is 0 Å². The summed E-state index contributed by atoms with van der Waals surface area (Å²) < 4.78 is 0. The molecule has 0 atom stereocenters. The molecule has 0 saturated heterocycles. The van der Waals surface area contributed by atoms with Crippen molar-refractivity contribution in [3.8, 4) is 33.5 Å². The van der Waals surface area contributed by atoms with Crippen molar-refractivity contribution >= 4 is 0 Å². The fraction of sp³-hybridized carbons (Fsp3) is 0.0833. The molecule has 0 aliphatic heterocycles. The van der Waals surface area contributed by atoms with Crippen LogP contribution in [0.4, 0.5) is 0 Å². The zero-order chi connectivity index (χ0) is 17.5. The van der Waals surface area contributed by atoms with Crippen molar-refractivity contribution in [1.82, 2.24) is 9.97 Å². The zero-order valence-electron chi connectivity index (χ0n) is 14.6. The highest BCUT2D eigenvalue weighted by Gasteiger charge is 2.24. The number of fused-ring (bicyclic) bond motifs is 3. The molecular weight excluding hydrogens is 316 g/mol. The molecule has 0 fully saturated rings. The molecule has 1 aliphatic rings. The summed E-state index contributed by atoms with van der Waals surface area (Å²) in [5.41, 5.74) is 11.1. The predicted octanol–water partition coefficient (Wildman–Crippen LogP) is 5.69. The van der Waals surface area contributed by atoms with Gasteiger partial charge in [-0.25, -0.2) is 9.97 Å². The maximum Gasteiger partial charge on any atom is 0.116 e. The lowest BCUT2D eigenvalue weighted by atomic mass is 9.94. The molecular formula is C24H18N2. The van der Waals surface area contributed by atoms with Crippen molar-refractivity contribution in [2.45, 2.75) is 13.3 Å². The average molecular weight is 334 g/mol. The second-order valence-electron chi connectivity index (χ2n) is 6.74. The fourth-order valence-electron chi connectivity index (χ4n) is 3.86. The summed E-state index contributed by atoms with van der Waals surface area (Å²) in [7, 11) is 0. The third kappa shape index (κ3) is 2.34. The Hall–Kier alpha value is -3.26. The van der Waals surface area contributed by atoms with Gasteiger partial charge in [0.05, 0.1) is 5.69 Å². The molecule has 3 aromatic carbocycles. The Morgan fingerprint density at radius 1 is 0.615 bits per heavy atom. The lowest BCUT2D eigenvalue weighted by Crippen LogP contribution is -1.92. The van der Waals surface area contributed by atoms with Gasteiger partial charge in [-0.05, 0) is 34.7 Å². The van der Waals surface area contributed by atoms with E-state index in [1.165, 1.54) is 38.9 Å². The first-order valence-electron chi connectivity index (χ1n) is 8.90. The second-order valence-corrected chi connectivity index (χ2v) is 6.74. The van der Waals surface area contributed by atoms with E-state index in [1.807, 2.05) is 6.07 Å². The van der Waals surface area contributed by atoms with E-state index in [9.17, 15) is 0 Å². The van der Waals surface area contributed by atoms with Crippen molar-refractivity contribution in [2.24, 2.45) is 0 Å². The van der Waals surface area contributed by atoms with E-state index < -0.39 is 0 Å². The van der Waals surface area contributed by atoms with Crippen molar-refractivity contribution in [1.29, 1.82) is 0 Å². The van der Waals surface area contributed by atoms with Crippen molar-refractivity contribution in [3.63, 3.8) is 0 Å². The number of hydrogen-bond acceptors (Lipinski definition) is 2. The molecule has 0 bridgehead atoms. The Morgan fingerprint density at radius 2 is 1.31 bits per heavy atom. The molecule has 0 radical (unpaired) electrons. The molecule has 0 saturated carbocycles. The number of rotatable bonds is 2. The van der Waals surface area contributed by atoms with Crippen LogP contribution in [-0.4, -0.2) is 9.97 Å². The van der Waals surface area contributed by atoms with E-state index in [-0.39, 0.29) is 0 Å². The Balaban J connectivity index is 1.58. The monoisotopic (exact) mass is 334 g/mol. The minimum atomic E-state index is 0.911. The van der Waals surface area contributed by atoms with Crippen LogP contribution in [0.25, 0.3) is 33.5 Å². The van der Waals surface area contributed by atoms with Gasteiger partial charge in [-0.2, -0.15) is 0 Å². The summed E-state index contributed by atoms with van der Waals surface area (Å²) >= 11 is 0. The molecule has 0 amide bonds. The van der Waals surface area contributed by atoms with E-state index in [2.05, 4.69) is 83.6 Å². The predicted molar refractivity (Wildman–Crippen MR) is 106 cm³/mol. The number of hydrogen-bond donors (Lipinski definition) is 0. The Bertz CT molecular complexity index is 1100.